The number of carbonyl (C=O) groups excluding carboxylic acids is 1. The third-order valence-electron chi connectivity index (χ3n) is 3.25. The van der Waals surface area contributed by atoms with E-state index >= 15 is 0 Å². The number of alkyl halides is 3. The van der Waals surface area contributed by atoms with Crippen molar-refractivity contribution in [3.63, 3.8) is 0 Å². The number of benzene rings is 1. The minimum Gasteiger partial charge on any atom is -0.389 e. The van der Waals surface area contributed by atoms with Crippen LogP contribution in [0.4, 0.5) is 23.7 Å². The fraction of sp³-hybridized carbons (Fsp3) is 0.385. The molecule has 114 valence electrons. The van der Waals surface area contributed by atoms with E-state index in [2.05, 4.69) is 5.32 Å². The SMILES string of the molecule is NC(=S)c1cc(C(F)(F)F)ccc1NC(=O)N1CCCC1. The number of urea groups is 1. The summed E-state index contributed by atoms with van der Waals surface area (Å²) in [6, 6.07) is 2.55. The van der Waals surface area contributed by atoms with Gasteiger partial charge in [0.25, 0.3) is 0 Å². The van der Waals surface area contributed by atoms with Crippen molar-refractivity contribution in [2.45, 2.75) is 19.0 Å². The molecule has 21 heavy (non-hydrogen) atoms. The van der Waals surface area contributed by atoms with Gasteiger partial charge in [-0.3, -0.25) is 0 Å². The first-order valence-corrected chi connectivity index (χ1v) is 6.77. The molecule has 1 saturated heterocycles. The summed E-state index contributed by atoms with van der Waals surface area (Å²) in [5.74, 6) is 0. The summed E-state index contributed by atoms with van der Waals surface area (Å²) in [4.78, 5) is 13.4. The lowest BCUT2D eigenvalue weighted by Crippen LogP contribution is -2.33. The highest BCUT2D eigenvalue weighted by atomic mass is 32.1. The summed E-state index contributed by atoms with van der Waals surface area (Å²) in [7, 11) is 0. The van der Waals surface area contributed by atoms with E-state index in [1.807, 2.05) is 0 Å². The number of thiocarbonyl (C=S) groups is 1. The van der Waals surface area contributed by atoms with E-state index in [0.717, 1.165) is 25.0 Å². The molecule has 1 heterocycles. The molecule has 0 spiro atoms. The maximum atomic E-state index is 12.7. The third kappa shape index (κ3) is 3.63. The second-order valence-corrected chi connectivity index (χ2v) is 5.19. The van der Waals surface area contributed by atoms with Crippen LogP contribution in [0.25, 0.3) is 0 Å². The number of anilines is 1. The van der Waals surface area contributed by atoms with Gasteiger partial charge in [-0.1, -0.05) is 12.2 Å². The zero-order valence-corrected chi connectivity index (χ0v) is 11.9. The Balaban J connectivity index is 2.26. The van der Waals surface area contributed by atoms with E-state index in [0.29, 0.717) is 13.1 Å². The number of halogens is 3. The molecule has 4 nitrogen and oxygen atoms in total. The lowest BCUT2D eigenvalue weighted by atomic mass is 10.1. The predicted molar refractivity (Wildman–Crippen MR) is 77.2 cm³/mol. The minimum absolute atomic E-state index is 0.00683. The second kappa shape index (κ2) is 5.88. The molecular formula is C13H14F3N3OS. The van der Waals surface area contributed by atoms with Crippen molar-refractivity contribution >= 4 is 28.9 Å². The molecule has 0 unspecified atom stereocenters. The Bertz CT molecular complexity index is 568. The van der Waals surface area contributed by atoms with E-state index in [1.54, 1.807) is 4.90 Å². The van der Waals surface area contributed by atoms with Crippen LogP contribution in [-0.4, -0.2) is 29.0 Å². The largest absolute Gasteiger partial charge is 0.416 e. The number of hydrogen-bond acceptors (Lipinski definition) is 2. The Hall–Kier alpha value is -1.83. The summed E-state index contributed by atoms with van der Waals surface area (Å²) >= 11 is 4.77. The van der Waals surface area contributed by atoms with E-state index in [9.17, 15) is 18.0 Å². The predicted octanol–water partition coefficient (Wildman–Crippen LogP) is 2.97. The summed E-state index contributed by atoms with van der Waals surface area (Å²) in [6.07, 6.45) is -2.65. The van der Waals surface area contributed by atoms with Gasteiger partial charge in [0.1, 0.15) is 4.99 Å². The molecule has 1 fully saturated rings. The second-order valence-electron chi connectivity index (χ2n) is 4.75. The molecule has 8 heteroatoms. The first-order chi connectivity index (χ1) is 9.79. The first-order valence-electron chi connectivity index (χ1n) is 6.36. The molecule has 2 amide bonds. The summed E-state index contributed by atoms with van der Waals surface area (Å²) in [6.45, 7) is 1.27. The number of nitrogens with two attached hydrogens (primary N) is 1. The van der Waals surface area contributed by atoms with Crippen LogP contribution in [0, 0.1) is 0 Å². The standard InChI is InChI=1S/C13H14F3N3OS/c14-13(15,16)8-3-4-10(9(7-8)11(17)21)18-12(20)19-5-1-2-6-19/h3-4,7H,1-2,5-6H2,(H2,17,21)(H,18,20). The van der Waals surface area contributed by atoms with Crippen molar-refractivity contribution in [3.05, 3.63) is 29.3 Å². The third-order valence-corrected chi connectivity index (χ3v) is 3.47. The van der Waals surface area contributed by atoms with Crippen LogP contribution in [0.2, 0.25) is 0 Å². The highest BCUT2D eigenvalue weighted by molar-refractivity contribution is 7.80. The van der Waals surface area contributed by atoms with Crippen molar-refractivity contribution in [3.8, 4) is 0 Å². The molecule has 0 radical (unpaired) electrons. The summed E-state index contributed by atoms with van der Waals surface area (Å²) < 4.78 is 38.1. The Kier molecular flexibility index (Phi) is 4.36. The maximum absolute atomic E-state index is 12.7. The van der Waals surface area contributed by atoms with Crippen LogP contribution < -0.4 is 11.1 Å². The van der Waals surface area contributed by atoms with Gasteiger partial charge in [-0.15, -0.1) is 0 Å². The fourth-order valence-electron chi connectivity index (χ4n) is 2.15. The topological polar surface area (TPSA) is 58.4 Å². The number of amides is 2. The van der Waals surface area contributed by atoms with Gasteiger partial charge in [-0.05, 0) is 31.0 Å². The van der Waals surface area contributed by atoms with Crippen molar-refractivity contribution in [1.29, 1.82) is 0 Å². The van der Waals surface area contributed by atoms with Crippen molar-refractivity contribution in [2.75, 3.05) is 18.4 Å². The zero-order valence-electron chi connectivity index (χ0n) is 11.0. The van der Waals surface area contributed by atoms with Gasteiger partial charge >= 0.3 is 12.2 Å². The molecule has 0 saturated carbocycles. The first kappa shape index (κ1) is 15.6. The fourth-order valence-corrected chi connectivity index (χ4v) is 2.32. The van der Waals surface area contributed by atoms with Gasteiger partial charge in [0.15, 0.2) is 0 Å². The number of nitrogens with zero attached hydrogens (tertiary/aromatic N) is 1. The van der Waals surface area contributed by atoms with E-state index in [1.165, 1.54) is 6.07 Å². The van der Waals surface area contributed by atoms with Gasteiger partial charge in [0.2, 0.25) is 0 Å². The molecule has 1 aromatic rings. The van der Waals surface area contributed by atoms with Crippen molar-refractivity contribution in [1.82, 2.24) is 4.90 Å². The average Bonchev–Trinajstić information content (AvgIpc) is 2.91. The Labute approximate surface area is 125 Å². The van der Waals surface area contributed by atoms with E-state index in [-0.39, 0.29) is 22.3 Å². The monoisotopic (exact) mass is 317 g/mol. The Morgan fingerprint density at radius 2 is 1.90 bits per heavy atom. The zero-order chi connectivity index (χ0) is 15.6. The molecule has 0 aromatic heterocycles. The highest BCUT2D eigenvalue weighted by Gasteiger charge is 2.31. The molecule has 2 rings (SSSR count). The summed E-state index contributed by atoms with van der Waals surface area (Å²) in [5, 5.41) is 2.56. The number of nitrogens with one attached hydrogen (secondary N) is 1. The highest BCUT2D eigenvalue weighted by Crippen LogP contribution is 2.32. The lowest BCUT2D eigenvalue weighted by Gasteiger charge is -2.18. The molecule has 1 aliphatic heterocycles. The van der Waals surface area contributed by atoms with Crippen molar-refractivity contribution in [2.24, 2.45) is 5.73 Å². The van der Waals surface area contributed by atoms with Gasteiger partial charge < -0.3 is 16.0 Å². The smallest absolute Gasteiger partial charge is 0.389 e. The molecule has 3 N–H and O–H groups in total. The number of rotatable bonds is 2. The normalized spacial score (nSPS) is 15.1. The van der Waals surface area contributed by atoms with Crippen LogP contribution in [0.5, 0.6) is 0 Å². The number of hydrogen-bond donors (Lipinski definition) is 2. The number of likely N-dealkylation sites (tertiary alicyclic amines) is 1. The van der Waals surface area contributed by atoms with Gasteiger partial charge in [0, 0.05) is 18.7 Å². The van der Waals surface area contributed by atoms with Gasteiger partial charge in [0.05, 0.1) is 11.3 Å². The molecule has 0 bridgehead atoms. The van der Waals surface area contributed by atoms with E-state index < -0.39 is 11.7 Å². The maximum Gasteiger partial charge on any atom is 0.416 e. The molecule has 0 aliphatic carbocycles. The van der Waals surface area contributed by atoms with Crippen LogP contribution in [-0.2, 0) is 6.18 Å². The molecular weight excluding hydrogens is 303 g/mol. The van der Waals surface area contributed by atoms with E-state index in [4.69, 9.17) is 18.0 Å². The van der Waals surface area contributed by atoms with Gasteiger partial charge in [-0.2, -0.15) is 13.2 Å². The Morgan fingerprint density at radius 1 is 1.29 bits per heavy atom. The summed E-state index contributed by atoms with van der Waals surface area (Å²) in [5.41, 5.74) is 4.79. The number of carbonyl (C=O) groups is 1. The van der Waals surface area contributed by atoms with Crippen molar-refractivity contribution < 1.29 is 18.0 Å². The molecule has 1 aliphatic rings. The molecule has 0 atom stereocenters. The van der Waals surface area contributed by atoms with Gasteiger partial charge in [-0.25, -0.2) is 4.79 Å². The lowest BCUT2D eigenvalue weighted by molar-refractivity contribution is -0.137. The minimum atomic E-state index is -4.49. The van der Waals surface area contributed by atoms with Crippen LogP contribution in [0.15, 0.2) is 18.2 Å². The van der Waals surface area contributed by atoms with Crippen LogP contribution >= 0.6 is 12.2 Å². The quantitative estimate of drug-likeness (QED) is 0.825. The molecule has 1 aromatic carbocycles. The Morgan fingerprint density at radius 3 is 2.43 bits per heavy atom. The average molecular weight is 317 g/mol. The van der Waals surface area contributed by atoms with Crippen LogP contribution in [0.1, 0.15) is 24.0 Å². The van der Waals surface area contributed by atoms with Crippen LogP contribution in [0.3, 0.4) is 0 Å².